The Kier molecular flexibility index (Phi) is 5.49. The van der Waals surface area contributed by atoms with Crippen molar-refractivity contribution in [3.8, 4) is 5.88 Å². The molecule has 1 aromatic carbocycles. The molecule has 1 fully saturated rings. The van der Waals surface area contributed by atoms with Gasteiger partial charge in [0.1, 0.15) is 0 Å². The molecule has 3 rings (SSSR count). The molecule has 0 spiro atoms. The molecule has 1 aliphatic rings. The van der Waals surface area contributed by atoms with Gasteiger partial charge in [0, 0.05) is 29.9 Å². The Hall–Kier alpha value is -2.33. The summed E-state index contributed by atoms with van der Waals surface area (Å²) in [7, 11) is 0. The number of hydrogen-bond donors (Lipinski definition) is 1. The molecule has 1 N–H and O–H groups in total. The molecule has 0 saturated heterocycles. The maximum Gasteiger partial charge on any atom is 0.244 e. The summed E-state index contributed by atoms with van der Waals surface area (Å²) in [6, 6.07) is 11.0. The van der Waals surface area contributed by atoms with E-state index in [1.807, 2.05) is 24.3 Å². The maximum absolute atomic E-state index is 11.9. The van der Waals surface area contributed by atoms with Gasteiger partial charge in [-0.1, -0.05) is 23.7 Å². The fraction of sp³-hybridized carbons (Fsp3) is 0.263. The van der Waals surface area contributed by atoms with Crippen LogP contribution in [0.5, 0.6) is 5.88 Å². The molecule has 2 aromatic rings. The minimum atomic E-state index is -0.151. The quantitative estimate of drug-likeness (QED) is 0.777. The first-order valence-electron chi connectivity index (χ1n) is 7.98. The Morgan fingerprint density at radius 2 is 2.08 bits per heavy atom. The normalized spacial score (nSPS) is 13.9. The lowest BCUT2D eigenvalue weighted by Crippen LogP contribution is -2.20. The Labute approximate surface area is 146 Å². The molecule has 0 atom stereocenters. The largest absolute Gasteiger partial charge is 0.477 e. The third kappa shape index (κ3) is 5.39. The van der Waals surface area contributed by atoms with E-state index in [2.05, 4.69) is 10.3 Å². The topological polar surface area (TPSA) is 51.2 Å². The average Bonchev–Trinajstić information content (AvgIpc) is 3.42. The van der Waals surface area contributed by atoms with Crippen LogP contribution in [-0.2, 0) is 11.3 Å². The van der Waals surface area contributed by atoms with Crippen LogP contribution in [0.1, 0.15) is 24.0 Å². The highest BCUT2D eigenvalue weighted by Gasteiger charge is 2.22. The lowest BCUT2D eigenvalue weighted by Gasteiger charge is -2.07. The van der Waals surface area contributed by atoms with Gasteiger partial charge >= 0.3 is 0 Å². The monoisotopic (exact) mass is 342 g/mol. The summed E-state index contributed by atoms with van der Waals surface area (Å²) >= 11 is 5.83. The van der Waals surface area contributed by atoms with Crippen molar-refractivity contribution in [3.05, 3.63) is 64.8 Å². The second-order valence-electron chi connectivity index (χ2n) is 5.86. The average molecular weight is 343 g/mol. The molecular weight excluding hydrogens is 324 g/mol. The molecule has 4 nitrogen and oxygen atoms in total. The van der Waals surface area contributed by atoms with E-state index < -0.39 is 0 Å². The lowest BCUT2D eigenvalue weighted by atomic mass is 10.2. The standard InChI is InChI=1S/C19H19ClN2O2/c20-17-6-3-14(4-7-17)5-8-18(23)22-12-16-9-10-21-19(11-16)24-13-15-1-2-15/h3-11,15H,1-2,12-13H2,(H,22,23)/b8-5+. The van der Waals surface area contributed by atoms with Crippen molar-refractivity contribution < 1.29 is 9.53 Å². The number of aromatic nitrogens is 1. The van der Waals surface area contributed by atoms with Crippen LogP contribution in [0.4, 0.5) is 0 Å². The highest BCUT2D eigenvalue weighted by molar-refractivity contribution is 6.30. The van der Waals surface area contributed by atoms with Gasteiger partial charge in [-0.15, -0.1) is 0 Å². The molecule has 1 heterocycles. The zero-order valence-electron chi connectivity index (χ0n) is 13.2. The lowest BCUT2D eigenvalue weighted by molar-refractivity contribution is -0.116. The first-order valence-corrected chi connectivity index (χ1v) is 8.36. The van der Waals surface area contributed by atoms with E-state index in [9.17, 15) is 4.79 Å². The molecule has 1 aromatic heterocycles. The molecule has 1 saturated carbocycles. The highest BCUT2D eigenvalue weighted by Crippen LogP contribution is 2.29. The van der Waals surface area contributed by atoms with Crippen molar-refractivity contribution in [1.29, 1.82) is 0 Å². The predicted octanol–water partition coefficient (Wildman–Crippen LogP) is 3.85. The molecule has 0 unspecified atom stereocenters. The molecule has 0 bridgehead atoms. The SMILES string of the molecule is O=C(/C=C/c1ccc(Cl)cc1)NCc1ccnc(OCC2CC2)c1. The fourth-order valence-electron chi connectivity index (χ4n) is 2.12. The van der Waals surface area contributed by atoms with Gasteiger partial charge in [-0.3, -0.25) is 4.79 Å². The third-order valence-electron chi connectivity index (χ3n) is 3.73. The van der Waals surface area contributed by atoms with Crippen molar-refractivity contribution >= 4 is 23.6 Å². The third-order valence-corrected chi connectivity index (χ3v) is 3.98. The Morgan fingerprint density at radius 1 is 1.29 bits per heavy atom. The Balaban J connectivity index is 1.48. The number of carbonyl (C=O) groups is 1. The van der Waals surface area contributed by atoms with Crippen LogP contribution < -0.4 is 10.1 Å². The Bertz CT molecular complexity index is 724. The van der Waals surface area contributed by atoms with Crippen LogP contribution in [-0.4, -0.2) is 17.5 Å². The molecule has 0 radical (unpaired) electrons. The summed E-state index contributed by atoms with van der Waals surface area (Å²) in [6.07, 6.45) is 7.45. The van der Waals surface area contributed by atoms with Gasteiger partial charge < -0.3 is 10.1 Å². The molecule has 0 aliphatic heterocycles. The van der Waals surface area contributed by atoms with Crippen molar-refractivity contribution in [2.24, 2.45) is 5.92 Å². The van der Waals surface area contributed by atoms with E-state index in [4.69, 9.17) is 16.3 Å². The van der Waals surface area contributed by atoms with Gasteiger partial charge in [0.05, 0.1) is 6.61 Å². The summed E-state index contributed by atoms with van der Waals surface area (Å²) in [5, 5.41) is 3.52. The number of amides is 1. The predicted molar refractivity (Wildman–Crippen MR) is 94.8 cm³/mol. The van der Waals surface area contributed by atoms with Crippen LogP contribution in [0.3, 0.4) is 0 Å². The smallest absolute Gasteiger partial charge is 0.244 e. The van der Waals surface area contributed by atoms with E-state index >= 15 is 0 Å². The van der Waals surface area contributed by atoms with Gasteiger partial charge in [0.15, 0.2) is 0 Å². The number of nitrogens with zero attached hydrogens (tertiary/aromatic N) is 1. The first kappa shape index (κ1) is 16.5. The van der Waals surface area contributed by atoms with Gasteiger partial charge in [0.25, 0.3) is 0 Å². The number of ether oxygens (including phenoxy) is 1. The zero-order chi connectivity index (χ0) is 16.8. The number of rotatable bonds is 7. The van der Waals surface area contributed by atoms with Gasteiger partial charge in [0.2, 0.25) is 11.8 Å². The van der Waals surface area contributed by atoms with Crippen LogP contribution in [0.2, 0.25) is 5.02 Å². The minimum Gasteiger partial charge on any atom is -0.477 e. The molecule has 5 heteroatoms. The highest BCUT2D eigenvalue weighted by atomic mass is 35.5. The Morgan fingerprint density at radius 3 is 2.83 bits per heavy atom. The molecule has 124 valence electrons. The maximum atomic E-state index is 11.9. The van der Waals surface area contributed by atoms with Crippen molar-refractivity contribution in [2.45, 2.75) is 19.4 Å². The van der Waals surface area contributed by atoms with Crippen molar-refractivity contribution in [2.75, 3.05) is 6.61 Å². The van der Waals surface area contributed by atoms with Gasteiger partial charge in [-0.2, -0.15) is 0 Å². The number of carbonyl (C=O) groups excluding carboxylic acids is 1. The van der Waals surface area contributed by atoms with Gasteiger partial charge in [-0.05, 0) is 54.2 Å². The van der Waals surface area contributed by atoms with E-state index in [0.717, 1.165) is 17.7 Å². The van der Waals surface area contributed by atoms with Crippen molar-refractivity contribution in [3.63, 3.8) is 0 Å². The summed E-state index contributed by atoms with van der Waals surface area (Å²) in [6.45, 7) is 1.17. The van der Waals surface area contributed by atoms with Crippen LogP contribution in [0.15, 0.2) is 48.7 Å². The van der Waals surface area contributed by atoms with E-state index in [1.54, 1.807) is 24.4 Å². The molecule has 1 amide bonds. The van der Waals surface area contributed by atoms with Crippen molar-refractivity contribution in [1.82, 2.24) is 10.3 Å². The number of nitrogens with one attached hydrogen (secondary N) is 1. The van der Waals surface area contributed by atoms with Gasteiger partial charge in [-0.25, -0.2) is 4.98 Å². The summed E-state index contributed by atoms with van der Waals surface area (Å²) in [5.74, 6) is 1.15. The summed E-state index contributed by atoms with van der Waals surface area (Å²) < 4.78 is 5.64. The molecular formula is C19H19ClN2O2. The summed E-state index contributed by atoms with van der Waals surface area (Å²) in [4.78, 5) is 16.1. The zero-order valence-corrected chi connectivity index (χ0v) is 14.0. The molecule has 24 heavy (non-hydrogen) atoms. The van der Waals surface area contributed by atoms with Crippen LogP contribution >= 0.6 is 11.6 Å². The summed E-state index contributed by atoms with van der Waals surface area (Å²) in [5.41, 5.74) is 1.89. The van der Waals surface area contributed by atoms with E-state index in [-0.39, 0.29) is 5.91 Å². The second kappa shape index (κ2) is 7.97. The number of pyridine rings is 1. The first-order chi connectivity index (χ1) is 11.7. The minimum absolute atomic E-state index is 0.151. The number of halogens is 1. The fourth-order valence-corrected chi connectivity index (χ4v) is 2.25. The van der Waals surface area contributed by atoms with Crippen LogP contribution in [0, 0.1) is 5.92 Å². The molecule has 1 aliphatic carbocycles. The van der Waals surface area contributed by atoms with E-state index in [0.29, 0.717) is 23.4 Å². The van der Waals surface area contributed by atoms with Crippen LogP contribution in [0.25, 0.3) is 6.08 Å². The number of benzene rings is 1. The van der Waals surface area contributed by atoms with E-state index in [1.165, 1.54) is 18.9 Å². The number of hydrogen-bond acceptors (Lipinski definition) is 3. The second-order valence-corrected chi connectivity index (χ2v) is 6.30.